The summed E-state index contributed by atoms with van der Waals surface area (Å²) >= 11 is 5.79. The van der Waals surface area contributed by atoms with Crippen molar-refractivity contribution in [2.24, 2.45) is 0 Å². The second kappa shape index (κ2) is 5.02. The van der Waals surface area contributed by atoms with Gasteiger partial charge >= 0.3 is 0 Å². The summed E-state index contributed by atoms with van der Waals surface area (Å²) < 4.78 is 4.91. The predicted molar refractivity (Wildman–Crippen MR) is 66.5 cm³/mol. The molecular weight excluding hydrogens is 256 g/mol. The van der Waals surface area contributed by atoms with Crippen molar-refractivity contribution in [3.05, 3.63) is 23.1 Å². The van der Waals surface area contributed by atoms with Crippen LogP contribution in [0, 0.1) is 0 Å². The minimum Gasteiger partial charge on any atom is -0.452 e. The zero-order valence-corrected chi connectivity index (χ0v) is 11.1. The lowest BCUT2D eigenvalue weighted by molar-refractivity contribution is -0.132. The maximum Gasteiger partial charge on any atom is 0.259 e. The molecule has 6 heteroatoms. The Hall–Kier alpha value is -1.49. The van der Waals surface area contributed by atoms with Crippen molar-refractivity contribution in [3.8, 4) is 0 Å². The summed E-state index contributed by atoms with van der Waals surface area (Å²) in [5, 5.41) is 0.0722. The third-order valence-electron chi connectivity index (χ3n) is 3.09. The molecule has 0 aromatic carbocycles. The van der Waals surface area contributed by atoms with E-state index >= 15 is 0 Å². The molecule has 1 saturated heterocycles. The second-order valence-corrected chi connectivity index (χ2v) is 4.84. The van der Waals surface area contributed by atoms with Crippen molar-refractivity contribution in [2.45, 2.75) is 18.9 Å². The predicted octanol–water partition coefficient (Wildman–Crippen LogP) is 1.63. The van der Waals surface area contributed by atoms with Crippen LogP contribution in [-0.2, 0) is 4.79 Å². The number of hydrogen-bond donors (Lipinski definition) is 0. The summed E-state index contributed by atoms with van der Waals surface area (Å²) in [4.78, 5) is 27.3. The van der Waals surface area contributed by atoms with Crippen LogP contribution in [-0.4, -0.2) is 48.3 Å². The van der Waals surface area contributed by atoms with Crippen LogP contribution in [0.3, 0.4) is 0 Å². The minimum atomic E-state index is -0.390. The Morgan fingerprint density at radius 3 is 2.78 bits per heavy atom. The zero-order valence-electron chi connectivity index (χ0n) is 10.4. The Labute approximate surface area is 110 Å². The number of rotatable bonds is 2. The maximum absolute atomic E-state index is 12.3. The average Bonchev–Trinajstić information content (AvgIpc) is 2.95. The quantitative estimate of drug-likeness (QED) is 0.821. The number of likely N-dealkylation sites (tertiary alicyclic amines) is 1. The van der Waals surface area contributed by atoms with E-state index in [1.54, 1.807) is 19.0 Å². The van der Waals surface area contributed by atoms with Gasteiger partial charge < -0.3 is 14.2 Å². The first kappa shape index (κ1) is 13.0. The molecule has 0 saturated carbocycles. The van der Waals surface area contributed by atoms with E-state index < -0.39 is 6.04 Å². The van der Waals surface area contributed by atoms with E-state index in [2.05, 4.69) is 0 Å². The van der Waals surface area contributed by atoms with Crippen molar-refractivity contribution in [1.82, 2.24) is 9.80 Å². The summed E-state index contributed by atoms with van der Waals surface area (Å²) in [5.41, 5.74) is 0.315. The van der Waals surface area contributed by atoms with E-state index in [-0.39, 0.29) is 17.0 Å². The molecule has 0 spiro atoms. The molecule has 1 atom stereocenters. The molecule has 1 aliphatic rings. The van der Waals surface area contributed by atoms with Gasteiger partial charge in [-0.3, -0.25) is 9.59 Å². The number of furan rings is 1. The van der Waals surface area contributed by atoms with E-state index in [0.717, 1.165) is 6.42 Å². The molecule has 2 amide bonds. The normalized spacial score (nSPS) is 19.1. The molecular formula is C12H15ClN2O3. The molecule has 1 unspecified atom stereocenters. The van der Waals surface area contributed by atoms with Crippen LogP contribution in [0.2, 0.25) is 5.22 Å². The lowest BCUT2D eigenvalue weighted by atomic mass is 10.2. The minimum absolute atomic E-state index is 0.0551. The average molecular weight is 271 g/mol. The molecule has 2 rings (SSSR count). The largest absolute Gasteiger partial charge is 0.452 e. The highest BCUT2D eigenvalue weighted by molar-refractivity contribution is 6.32. The van der Waals surface area contributed by atoms with Crippen LogP contribution in [0.25, 0.3) is 0 Å². The summed E-state index contributed by atoms with van der Waals surface area (Å²) in [6, 6.07) is 1.14. The molecule has 0 radical (unpaired) electrons. The maximum atomic E-state index is 12.3. The van der Waals surface area contributed by atoms with Crippen molar-refractivity contribution in [1.29, 1.82) is 0 Å². The molecule has 0 bridgehead atoms. The van der Waals surface area contributed by atoms with Gasteiger partial charge in [-0.1, -0.05) is 0 Å². The van der Waals surface area contributed by atoms with Crippen LogP contribution in [0.1, 0.15) is 23.2 Å². The molecule has 1 aliphatic heterocycles. The summed E-state index contributed by atoms with van der Waals surface area (Å²) in [6.07, 6.45) is 2.89. The van der Waals surface area contributed by atoms with Gasteiger partial charge in [-0.05, 0) is 30.5 Å². The Balaban J connectivity index is 2.20. The standard InChI is InChI=1S/C12H15ClN2O3/c1-14(2)12(17)9-4-3-6-15(9)11(16)8-5-7-18-10(8)13/h5,7,9H,3-4,6H2,1-2H3. The molecule has 1 aromatic heterocycles. The number of nitrogens with zero attached hydrogens (tertiary/aromatic N) is 2. The number of carbonyl (C=O) groups is 2. The van der Waals surface area contributed by atoms with Gasteiger partial charge in [0.25, 0.3) is 5.91 Å². The highest BCUT2D eigenvalue weighted by Crippen LogP contribution is 2.25. The third kappa shape index (κ3) is 2.22. The number of halogens is 1. The SMILES string of the molecule is CN(C)C(=O)C1CCCN1C(=O)c1ccoc1Cl. The van der Waals surface area contributed by atoms with E-state index in [1.165, 1.54) is 17.2 Å². The molecule has 1 fully saturated rings. The van der Waals surface area contributed by atoms with Crippen molar-refractivity contribution in [2.75, 3.05) is 20.6 Å². The topological polar surface area (TPSA) is 53.8 Å². The first-order valence-corrected chi connectivity index (χ1v) is 6.15. The first-order chi connectivity index (χ1) is 8.52. The number of carbonyl (C=O) groups excluding carboxylic acids is 2. The van der Waals surface area contributed by atoms with Gasteiger partial charge in [0.05, 0.1) is 11.8 Å². The Kier molecular flexibility index (Phi) is 3.61. The molecule has 0 aliphatic carbocycles. The number of amides is 2. The number of likely N-dealkylation sites (N-methyl/N-ethyl adjacent to an activating group) is 1. The van der Waals surface area contributed by atoms with Crippen LogP contribution >= 0.6 is 11.6 Å². The highest BCUT2D eigenvalue weighted by atomic mass is 35.5. The van der Waals surface area contributed by atoms with E-state index in [9.17, 15) is 9.59 Å². The molecule has 0 N–H and O–H groups in total. The summed E-state index contributed by atoms with van der Waals surface area (Å²) in [5.74, 6) is -0.299. The Morgan fingerprint density at radius 2 is 2.22 bits per heavy atom. The van der Waals surface area contributed by atoms with Gasteiger partial charge in [-0.15, -0.1) is 0 Å². The van der Waals surface area contributed by atoms with E-state index in [0.29, 0.717) is 18.5 Å². The Morgan fingerprint density at radius 1 is 1.50 bits per heavy atom. The third-order valence-corrected chi connectivity index (χ3v) is 3.38. The van der Waals surface area contributed by atoms with Gasteiger partial charge in [-0.25, -0.2) is 0 Å². The number of hydrogen-bond acceptors (Lipinski definition) is 3. The van der Waals surface area contributed by atoms with E-state index in [1.807, 2.05) is 0 Å². The molecule has 1 aromatic rings. The lowest BCUT2D eigenvalue weighted by Gasteiger charge is -2.25. The lowest BCUT2D eigenvalue weighted by Crippen LogP contribution is -2.45. The second-order valence-electron chi connectivity index (χ2n) is 4.50. The van der Waals surface area contributed by atoms with E-state index in [4.69, 9.17) is 16.0 Å². The first-order valence-electron chi connectivity index (χ1n) is 5.77. The fraction of sp³-hybridized carbons (Fsp3) is 0.500. The van der Waals surface area contributed by atoms with Crippen molar-refractivity contribution >= 4 is 23.4 Å². The highest BCUT2D eigenvalue weighted by Gasteiger charge is 2.36. The van der Waals surface area contributed by atoms with Crippen molar-refractivity contribution < 1.29 is 14.0 Å². The van der Waals surface area contributed by atoms with Gasteiger partial charge in [-0.2, -0.15) is 0 Å². The Bertz CT molecular complexity index is 470. The molecule has 18 heavy (non-hydrogen) atoms. The van der Waals surface area contributed by atoms with Crippen LogP contribution in [0.5, 0.6) is 0 Å². The molecule has 5 nitrogen and oxygen atoms in total. The zero-order chi connectivity index (χ0) is 13.3. The molecule has 98 valence electrons. The van der Waals surface area contributed by atoms with Crippen LogP contribution in [0.4, 0.5) is 0 Å². The smallest absolute Gasteiger partial charge is 0.259 e. The molecule has 2 heterocycles. The van der Waals surface area contributed by atoms with Crippen molar-refractivity contribution in [3.63, 3.8) is 0 Å². The van der Waals surface area contributed by atoms with Gasteiger partial charge in [0.2, 0.25) is 11.1 Å². The van der Waals surface area contributed by atoms with Crippen LogP contribution < -0.4 is 0 Å². The fourth-order valence-electron chi connectivity index (χ4n) is 2.17. The van der Waals surface area contributed by atoms with Gasteiger partial charge in [0.1, 0.15) is 6.04 Å². The monoisotopic (exact) mass is 270 g/mol. The van der Waals surface area contributed by atoms with Crippen LogP contribution in [0.15, 0.2) is 16.7 Å². The summed E-state index contributed by atoms with van der Waals surface area (Å²) in [6.45, 7) is 0.574. The fourth-order valence-corrected chi connectivity index (χ4v) is 2.36. The summed E-state index contributed by atoms with van der Waals surface area (Å²) in [7, 11) is 3.38. The van der Waals surface area contributed by atoms with Gasteiger partial charge in [0, 0.05) is 20.6 Å². The van der Waals surface area contributed by atoms with Gasteiger partial charge in [0.15, 0.2) is 0 Å².